The second-order valence-electron chi connectivity index (χ2n) is 6.08. The van der Waals surface area contributed by atoms with Crippen molar-refractivity contribution < 1.29 is 19.6 Å². The van der Waals surface area contributed by atoms with Crippen LogP contribution in [-0.2, 0) is 19.6 Å². The van der Waals surface area contributed by atoms with Crippen LogP contribution in [0.5, 0.6) is 0 Å². The molecule has 0 spiro atoms. The molecule has 0 aliphatic carbocycles. The van der Waals surface area contributed by atoms with Gasteiger partial charge in [0.05, 0.1) is 11.2 Å². The summed E-state index contributed by atoms with van der Waals surface area (Å²) in [6.45, 7) is 14.6. The summed E-state index contributed by atoms with van der Waals surface area (Å²) in [7, 11) is 1.50. The lowest BCUT2D eigenvalue weighted by atomic mass is 10.2. The van der Waals surface area contributed by atoms with Gasteiger partial charge < -0.3 is 0 Å². The van der Waals surface area contributed by atoms with E-state index in [0.29, 0.717) is 0 Å². The van der Waals surface area contributed by atoms with Crippen LogP contribution in [-0.4, -0.2) is 24.2 Å². The van der Waals surface area contributed by atoms with E-state index >= 15 is 0 Å². The standard InChI is InChI=1S/C14H26N2O4/c1-9-10-11-14(16-15-8,19-17-12(2,3)4)20-18-13(5,6)7/h9-11H,1H2,2-8H3. The van der Waals surface area contributed by atoms with Gasteiger partial charge in [0.25, 0.3) is 0 Å². The molecule has 6 nitrogen and oxygen atoms in total. The topological polar surface area (TPSA) is 61.6 Å². The summed E-state index contributed by atoms with van der Waals surface area (Å²) in [6, 6.07) is 0. The molecule has 6 heteroatoms. The molecule has 0 heterocycles. The molecule has 0 atom stereocenters. The van der Waals surface area contributed by atoms with Gasteiger partial charge in [-0.3, -0.25) is 0 Å². The first-order valence-electron chi connectivity index (χ1n) is 6.38. The van der Waals surface area contributed by atoms with Crippen LogP contribution in [0.25, 0.3) is 0 Å². The maximum Gasteiger partial charge on any atom is 0.363 e. The van der Waals surface area contributed by atoms with Crippen LogP contribution >= 0.6 is 0 Å². The SMILES string of the molecule is C=CC=CC(N=NC)(OOC(C)(C)C)OOC(C)(C)C. The van der Waals surface area contributed by atoms with E-state index in [-0.39, 0.29) is 0 Å². The molecule has 0 saturated carbocycles. The lowest BCUT2D eigenvalue weighted by Crippen LogP contribution is -2.38. The van der Waals surface area contributed by atoms with Crippen LogP contribution in [0.1, 0.15) is 41.5 Å². The maximum atomic E-state index is 5.29. The van der Waals surface area contributed by atoms with Crippen LogP contribution in [0.2, 0.25) is 0 Å². The Hall–Kier alpha value is -1.08. The molecule has 20 heavy (non-hydrogen) atoms. The summed E-state index contributed by atoms with van der Waals surface area (Å²) >= 11 is 0. The lowest BCUT2D eigenvalue weighted by molar-refractivity contribution is -0.526. The first-order valence-corrected chi connectivity index (χ1v) is 6.38. The van der Waals surface area contributed by atoms with Crippen molar-refractivity contribution in [2.24, 2.45) is 10.2 Å². The van der Waals surface area contributed by atoms with E-state index in [4.69, 9.17) is 19.6 Å². The van der Waals surface area contributed by atoms with Gasteiger partial charge in [0, 0.05) is 13.1 Å². The minimum atomic E-state index is -1.62. The first-order chi connectivity index (χ1) is 9.04. The Morgan fingerprint density at radius 2 is 1.30 bits per heavy atom. The van der Waals surface area contributed by atoms with Crippen molar-refractivity contribution in [2.45, 2.75) is 58.7 Å². The molecule has 0 radical (unpaired) electrons. The average Bonchev–Trinajstić information content (AvgIpc) is 2.29. The van der Waals surface area contributed by atoms with Crippen molar-refractivity contribution in [2.75, 3.05) is 7.05 Å². The zero-order chi connectivity index (χ0) is 15.9. The zero-order valence-corrected chi connectivity index (χ0v) is 13.5. The van der Waals surface area contributed by atoms with Crippen LogP contribution in [0, 0.1) is 0 Å². The number of hydrogen-bond donors (Lipinski definition) is 0. The van der Waals surface area contributed by atoms with E-state index in [1.807, 2.05) is 41.5 Å². The quantitative estimate of drug-likeness (QED) is 0.234. The predicted molar refractivity (Wildman–Crippen MR) is 76.7 cm³/mol. The van der Waals surface area contributed by atoms with Crippen LogP contribution in [0.3, 0.4) is 0 Å². The fourth-order valence-corrected chi connectivity index (χ4v) is 0.835. The highest BCUT2D eigenvalue weighted by atomic mass is 17.3. The maximum absolute atomic E-state index is 5.29. The molecule has 0 aliphatic heterocycles. The highest BCUT2D eigenvalue weighted by molar-refractivity contribution is 5.03. The van der Waals surface area contributed by atoms with E-state index in [1.165, 1.54) is 13.1 Å². The van der Waals surface area contributed by atoms with E-state index in [1.54, 1.807) is 12.2 Å². The van der Waals surface area contributed by atoms with Crippen LogP contribution in [0.4, 0.5) is 0 Å². The Balaban J connectivity index is 5.13. The van der Waals surface area contributed by atoms with Crippen molar-refractivity contribution in [3.05, 3.63) is 24.8 Å². The smallest absolute Gasteiger partial charge is 0.226 e. The van der Waals surface area contributed by atoms with Crippen LogP contribution in [0.15, 0.2) is 35.0 Å². The fraction of sp³-hybridized carbons (Fsp3) is 0.714. The van der Waals surface area contributed by atoms with E-state index in [2.05, 4.69) is 16.8 Å². The van der Waals surface area contributed by atoms with Crippen molar-refractivity contribution in [1.82, 2.24) is 0 Å². The molecular weight excluding hydrogens is 260 g/mol. The number of allylic oxidation sites excluding steroid dienone is 2. The molecule has 0 aliphatic rings. The van der Waals surface area contributed by atoms with Crippen molar-refractivity contribution in [3.8, 4) is 0 Å². The van der Waals surface area contributed by atoms with E-state index in [9.17, 15) is 0 Å². The minimum absolute atomic E-state index is 0.540. The Kier molecular flexibility index (Phi) is 7.22. The molecule has 0 unspecified atom stereocenters. The molecule has 0 amide bonds. The summed E-state index contributed by atoms with van der Waals surface area (Å²) in [5.74, 6) is -1.62. The Morgan fingerprint density at radius 3 is 1.60 bits per heavy atom. The van der Waals surface area contributed by atoms with Gasteiger partial charge in [-0.1, -0.05) is 18.7 Å². The van der Waals surface area contributed by atoms with Crippen molar-refractivity contribution >= 4 is 0 Å². The van der Waals surface area contributed by atoms with Crippen molar-refractivity contribution in [1.29, 1.82) is 0 Å². The summed E-state index contributed by atoms with van der Waals surface area (Å²) in [5.41, 5.74) is -1.08. The second-order valence-corrected chi connectivity index (χ2v) is 6.08. The fourth-order valence-electron chi connectivity index (χ4n) is 0.835. The predicted octanol–water partition coefficient (Wildman–Crippen LogP) is 3.96. The Labute approximate surface area is 121 Å². The van der Waals surface area contributed by atoms with Gasteiger partial charge in [0.1, 0.15) is 0 Å². The Bertz CT molecular complexity index is 333. The minimum Gasteiger partial charge on any atom is -0.226 e. The van der Waals surface area contributed by atoms with E-state index in [0.717, 1.165) is 0 Å². The molecule has 116 valence electrons. The second kappa shape index (κ2) is 7.64. The van der Waals surface area contributed by atoms with Gasteiger partial charge >= 0.3 is 5.91 Å². The third-order valence-corrected chi connectivity index (χ3v) is 1.50. The molecule has 0 aromatic rings. The average molecular weight is 286 g/mol. The largest absolute Gasteiger partial charge is 0.363 e. The summed E-state index contributed by atoms with van der Waals surface area (Å²) in [4.78, 5) is 21.1. The number of azo groups is 1. The van der Waals surface area contributed by atoms with Gasteiger partial charge in [-0.2, -0.15) is 14.9 Å². The van der Waals surface area contributed by atoms with Gasteiger partial charge in [-0.15, -0.1) is 5.11 Å². The molecule has 0 fully saturated rings. The third kappa shape index (κ3) is 8.92. The monoisotopic (exact) mass is 286 g/mol. The number of nitrogens with zero attached hydrogens (tertiary/aromatic N) is 2. The normalized spacial score (nSPS) is 14.3. The third-order valence-electron chi connectivity index (χ3n) is 1.50. The van der Waals surface area contributed by atoms with Crippen molar-refractivity contribution in [3.63, 3.8) is 0 Å². The lowest BCUT2D eigenvalue weighted by Gasteiger charge is -2.29. The summed E-state index contributed by atoms with van der Waals surface area (Å²) in [6.07, 6.45) is 4.65. The first kappa shape index (κ1) is 18.9. The highest BCUT2D eigenvalue weighted by Gasteiger charge is 2.36. The zero-order valence-electron chi connectivity index (χ0n) is 13.5. The molecule has 0 bridgehead atoms. The molecular formula is C14H26N2O4. The van der Waals surface area contributed by atoms with Gasteiger partial charge in [-0.05, 0) is 41.5 Å². The van der Waals surface area contributed by atoms with E-state index < -0.39 is 17.1 Å². The summed E-state index contributed by atoms with van der Waals surface area (Å²) < 4.78 is 0. The van der Waals surface area contributed by atoms with Gasteiger partial charge in [0.2, 0.25) is 0 Å². The summed E-state index contributed by atoms with van der Waals surface area (Å²) in [5, 5.41) is 7.59. The van der Waals surface area contributed by atoms with Gasteiger partial charge in [0.15, 0.2) is 0 Å². The highest BCUT2D eigenvalue weighted by Crippen LogP contribution is 2.25. The molecule has 0 saturated heterocycles. The number of hydrogen-bond acceptors (Lipinski definition) is 6. The Morgan fingerprint density at radius 1 is 0.850 bits per heavy atom. The molecule has 0 N–H and O–H groups in total. The molecule has 0 rings (SSSR count). The van der Waals surface area contributed by atoms with Crippen LogP contribution < -0.4 is 0 Å². The van der Waals surface area contributed by atoms with Gasteiger partial charge in [-0.25, -0.2) is 9.78 Å². The molecule has 0 aromatic carbocycles. The number of rotatable bonds is 7. The molecule has 0 aromatic heterocycles.